The van der Waals surface area contributed by atoms with Crippen LogP contribution in [0.25, 0.3) is 0 Å². The van der Waals surface area contributed by atoms with Gasteiger partial charge in [-0.1, -0.05) is 0 Å². The van der Waals surface area contributed by atoms with Crippen molar-refractivity contribution in [3.63, 3.8) is 0 Å². The molecule has 2 unspecified atom stereocenters. The number of nitrogens with one attached hydrogen (secondary N) is 1. The highest BCUT2D eigenvalue weighted by atomic mass is 19.1. The highest BCUT2D eigenvalue weighted by Crippen LogP contribution is 2.13. The Labute approximate surface area is 101 Å². The van der Waals surface area contributed by atoms with Crippen LogP contribution in [0.4, 0.5) is 4.39 Å². The molecule has 1 heterocycles. The molecule has 0 spiro atoms. The van der Waals surface area contributed by atoms with E-state index in [0.717, 1.165) is 6.54 Å². The fourth-order valence-electron chi connectivity index (χ4n) is 2.06. The van der Waals surface area contributed by atoms with E-state index in [2.05, 4.69) is 12.2 Å². The van der Waals surface area contributed by atoms with Crippen LogP contribution in [-0.4, -0.2) is 36.0 Å². The van der Waals surface area contributed by atoms with E-state index in [4.69, 9.17) is 0 Å². The Hall–Kier alpha value is -1.42. The van der Waals surface area contributed by atoms with E-state index >= 15 is 0 Å². The Kier molecular flexibility index (Phi) is 3.43. The zero-order valence-corrected chi connectivity index (χ0v) is 10.1. The maximum atomic E-state index is 12.8. The molecule has 1 fully saturated rings. The summed E-state index contributed by atoms with van der Waals surface area (Å²) in [7, 11) is 0. The number of hydrogen-bond donors (Lipinski definition) is 1. The number of carbonyl (C=O) groups is 1. The smallest absolute Gasteiger partial charge is 0.254 e. The van der Waals surface area contributed by atoms with Crippen molar-refractivity contribution in [2.24, 2.45) is 0 Å². The zero-order valence-electron chi connectivity index (χ0n) is 10.1. The Bertz CT molecular complexity index is 404. The molecule has 0 bridgehead atoms. The Morgan fingerprint density at radius 2 is 2.00 bits per heavy atom. The molecule has 0 radical (unpaired) electrons. The van der Waals surface area contributed by atoms with Crippen LogP contribution in [0.2, 0.25) is 0 Å². The monoisotopic (exact) mass is 236 g/mol. The number of nitrogens with zero attached hydrogens (tertiary/aromatic N) is 1. The molecule has 2 rings (SSSR count). The lowest BCUT2D eigenvalue weighted by molar-refractivity contribution is 0.0616. The molecular weight excluding hydrogens is 219 g/mol. The first-order valence-corrected chi connectivity index (χ1v) is 5.88. The Morgan fingerprint density at radius 3 is 2.65 bits per heavy atom. The highest BCUT2D eigenvalue weighted by molar-refractivity contribution is 5.94. The third kappa shape index (κ3) is 2.64. The summed E-state index contributed by atoms with van der Waals surface area (Å²) in [4.78, 5) is 14.1. The van der Waals surface area contributed by atoms with Gasteiger partial charge in [0.1, 0.15) is 5.82 Å². The van der Waals surface area contributed by atoms with Crippen LogP contribution in [-0.2, 0) is 0 Å². The van der Waals surface area contributed by atoms with Gasteiger partial charge in [-0.2, -0.15) is 0 Å². The topological polar surface area (TPSA) is 32.3 Å². The van der Waals surface area contributed by atoms with Gasteiger partial charge in [-0.15, -0.1) is 0 Å². The molecule has 0 aromatic heterocycles. The molecule has 17 heavy (non-hydrogen) atoms. The second-order valence-corrected chi connectivity index (χ2v) is 4.62. The molecule has 4 heteroatoms. The molecule has 1 aliphatic heterocycles. The standard InChI is InChI=1S/C13H17FN2O/c1-9-8-16(10(2)7-15-9)13(17)11-3-5-12(14)6-4-11/h3-6,9-10,15H,7-8H2,1-2H3. The summed E-state index contributed by atoms with van der Waals surface area (Å²) in [6, 6.07) is 6.20. The average molecular weight is 236 g/mol. The summed E-state index contributed by atoms with van der Waals surface area (Å²) in [6.45, 7) is 5.56. The van der Waals surface area contributed by atoms with E-state index in [-0.39, 0.29) is 17.8 Å². The minimum atomic E-state index is -0.316. The highest BCUT2D eigenvalue weighted by Gasteiger charge is 2.27. The van der Waals surface area contributed by atoms with Crippen LogP contribution in [0.1, 0.15) is 24.2 Å². The van der Waals surface area contributed by atoms with Crippen molar-refractivity contribution < 1.29 is 9.18 Å². The van der Waals surface area contributed by atoms with E-state index in [1.807, 2.05) is 11.8 Å². The fraction of sp³-hybridized carbons (Fsp3) is 0.462. The number of amides is 1. The van der Waals surface area contributed by atoms with Crippen molar-refractivity contribution in [2.75, 3.05) is 13.1 Å². The van der Waals surface area contributed by atoms with E-state index in [1.54, 1.807) is 0 Å². The molecule has 1 saturated heterocycles. The van der Waals surface area contributed by atoms with Crippen LogP contribution >= 0.6 is 0 Å². The third-order valence-electron chi connectivity index (χ3n) is 3.12. The fourth-order valence-corrected chi connectivity index (χ4v) is 2.06. The van der Waals surface area contributed by atoms with Crippen LogP contribution in [0, 0.1) is 5.82 Å². The second-order valence-electron chi connectivity index (χ2n) is 4.62. The predicted octanol–water partition coefficient (Wildman–Crippen LogP) is 1.65. The van der Waals surface area contributed by atoms with Gasteiger partial charge in [-0.3, -0.25) is 4.79 Å². The van der Waals surface area contributed by atoms with E-state index in [1.165, 1.54) is 24.3 Å². The van der Waals surface area contributed by atoms with E-state index in [0.29, 0.717) is 18.2 Å². The molecule has 1 aliphatic rings. The summed E-state index contributed by atoms with van der Waals surface area (Å²) in [5.41, 5.74) is 0.548. The van der Waals surface area contributed by atoms with Gasteiger partial charge in [0.25, 0.3) is 5.91 Å². The maximum absolute atomic E-state index is 12.8. The van der Waals surface area contributed by atoms with Crippen molar-refractivity contribution >= 4 is 5.91 Å². The minimum absolute atomic E-state index is 0.0224. The Morgan fingerprint density at radius 1 is 1.35 bits per heavy atom. The molecule has 0 saturated carbocycles. The van der Waals surface area contributed by atoms with Gasteiger partial charge >= 0.3 is 0 Å². The molecule has 92 valence electrons. The van der Waals surface area contributed by atoms with Gasteiger partial charge in [-0.05, 0) is 38.1 Å². The van der Waals surface area contributed by atoms with Crippen LogP contribution in [0.5, 0.6) is 0 Å². The SMILES string of the molecule is CC1CN(C(=O)c2ccc(F)cc2)C(C)CN1. The summed E-state index contributed by atoms with van der Waals surface area (Å²) in [5, 5.41) is 3.32. The molecule has 1 aromatic rings. The van der Waals surface area contributed by atoms with Gasteiger partial charge in [0.05, 0.1) is 0 Å². The number of carbonyl (C=O) groups excluding carboxylic acids is 1. The molecular formula is C13H17FN2O. The van der Waals surface area contributed by atoms with Gasteiger partial charge in [0.2, 0.25) is 0 Å². The van der Waals surface area contributed by atoms with Crippen molar-refractivity contribution in [3.8, 4) is 0 Å². The third-order valence-corrected chi connectivity index (χ3v) is 3.12. The lowest BCUT2D eigenvalue weighted by atomic mass is 10.1. The van der Waals surface area contributed by atoms with Gasteiger partial charge in [0.15, 0.2) is 0 Å². The first-order chi connectivity index (χ1) is 8.08. The average Bonchev–Trinajstić information content (AvgIpc) is 2.32. The molecule has 1 N–H and O–H groups in total. The summed E-state index contributed by atoms with van der Waals surface area (Å²) in [5.74, 6) is -0.339. The first kappa shape index (κ1) is 12.0. The van der Waals surface area contributed by atoms with E-state index < -0.39 is 0 Å². The van der Waals surface area contributed by atoms with E-state index in [9.17, 15) is 9.18 Å². The maximum Gasteiger partial charge on any atom is 0.254 e. The molecule has 3 nitrogen and oxygen atoms in total. The lowest BCUT2D eigenvalue weighted by Crippen LogP contribution is -2.56. The second kappa shape index (κ2) is 4.84. The van der Waals surface area contributed by atoms with Crippen LogP contribution in [0.15, 0.2) is 24.3 Å². The molecule has 1 amide bonds. The normalized spacial score (nSPS) is 24.8. The minimum Gasteiger partial charge on any atom is -0.333 e. The molecule has 1 aromatic carbocycles. The number of halogens is 1. The molecule has 0 aliphatic carbocycles. The number of benzene rings is 1. The predicted molar refractivity (Wildman–Crippen MR) is 64.4 cm³/mol. The summed E-state index contributed by atoms with van der Waals surface area (Å²) in [6.07, 6.45) is 0. The number of hydrogen-bond acceptors (Lipinski definition) is 2. The van der Waals surface area contributed by atoms with Crippen molar-refractivity contribution in [1.29, 1.82) is 0 Å². The number of rotatable bonds is 1. The Balaban J connectivity index is 2.15. The lowest BCUT2D eigenvalue weighted by Gasteiger charge is -2.37. The first-order valence-electron chi connectivity index (χ1n) is 5.88. The zero-order chi connectivity index (χ0) is 12.4. The van der Waals surface area contributed by atoms with Crippen molar-refractivity contribution in [1.82, 2.24) is 10.2 Å². The van der Waals surface area contributed by atoms with Gasteiger partial charge in [-0.25, -0.2) is 4.39 Å². The van der Waals surface area contributed by atoms with Crippen molar-refractivity contribution in [3.05, 3.63) is 35.6 Å². The summed E-state index contributed by atoms with van der Waals surface area (Å²) < 4.78 is 12.8. The van der Waals surface area contributed by atoms with Crippen LogP contribution in [0.3, 0.4) is 0 Å². The van der Waals surface area contributed by atoms with Crippen molar-refractivity contribution in [2.45, 2.75) is 25.9 Å². The van der Waals surface area contributed by atoms with Gasteiger partial charge in [0, 0.05) is 30.7 Å². The number of piperazine rings is 1. The quantitative estimate of drug-likeness (QED) is 0.804. The summed E-state index contributed by atoms with van der Waals surface area (Å²) >= 11 is 0. The molecule has 2 atom stereocenters. The largest absolute Gasteiger partial charge is 0.333 e. The van der Waals surface area contributed by atoms with Crippen LogP contribution < -0.4 is 5.32 Å². The van der Waals surface area contributed by atoms with Gasteiger partial charge < -0.3 is 10.2 Å².